The normalized spacial score (nSPS) is 11.1. The van der Waals surface area contributed by atoms with E-state index in [1.165, 1.54) is 157 Å². The van der Waals surface area contributed by atoms with E-state index in [4.69, 9.17) is 9.47 Å². The van der Waals surface area contributed by atoms with Crippen molar-refractivity contribution in [1.82, 2.24) is 0 Å². The Morgan fingerprint density at radius 3 is 1.00 bits per heavy atom. The molecule has 0 spiro atoms. The second-order valence-corrected chi connectivity index (χ2v) is 23.5. The van der Waals surface area contributed by atoms with Gasteiger partial charge in [-0.15, -0.1) is 13.2 Å². The molecule has 86 heavy (non-hydrogen) atoms. The van der Waals surface area contributed by atoms with Crippen LogP contribution in [0.4, 0.5) is 0 Å². The van der Waals surface area contributed by atoms with Crippen LogP contribution in [-0.2, 0) is 38.5 Å². The fourth-order valence-electron chi connectivity index (χ4n) is 11.5. The van der Waals surface area contributed by atoms with Crippen LogP contribution >= 0.6 is 0 Å². The van der Waals surface area contributed by atoms with Gasteiger partial charge in [-0.25, -0.2) is 0 Å². The molecule has 2 heteroatoms. The molecule has 0 atom stereocenters. The van der Waals surface area contributed by atoms with Crippen molar-refractivity contribution in [2.45, 2.75) is 157 Å². The molecule has 0 radical (unpaired) electrons. The predicted octanol–water partition coefficient (Wildman–Crippen LogP) is 23.6. The number of hydrogen-bond acceptors (Lipinski definition) is 2. The van der Waals surface area contributed by atoms with Crippen molar-refractivity contribution in [3.63, 3.8) is 0 Å². The Morgan fingerprint density at radius 1 is 0.314 bits per heavy atom. The molecule has 0 amide bonds. The first-order valence-electron chi connectivity index (χ1n) is 31.9. The summed E-state index contributed by atoms with van der Waals surface area (Å²) in [4.78, 5) is 0. The third-order valence-corrected chi connectivity index (χ3v) is 15.9. The van der Waals surface area contributed by atoms with Crippen molar-refractivity contribution in [3.05, 3.63) is 287 Å². The number of benzene rings is 8. The van der Waals surface area contributed by atoms with Gasteiger partial charge in [-0.2, -0.15) is 0 Å². The van der Waals surface area contributed by atoms with E-state index in [0.717, 1.165) is 80.1 Å². The lowest BCUT2D eigenvalue weighted by molar-refractivity contribution is 0.312. The summed E-state index contributed by atoms with van der Waals surface area (Å²) in [5, 5.41) is 8.03. The van der Waals surface area contributed by atoms with Crippen LogP contribution in [0, 0.1) is 41.5 Å². The van der Waals surface area contributed by atoms with Gasteiger partial charge in [0.05, 0.1) is 13.2 Å². The maximum atomic E-state index is 6.04. The van der Waals surface area contributed by atoms with Gasteiger partial charge in [-0.05, 0) is 246 Å². The predicted molar refractivity (Wildman–Crippen MR) is 381 cm³/mol. The number of unbranched alkanes of at least 4 members (excludes halogenated alkanes) is 8. The monoisotopic (exact) mass is 1140 g/mol. The maximum Gasteiger partial charge on any atom is 0.127 e. The maximum absolute atomic E-state index is 6.04. The van der Waals surface area contributed by atoms with Crippen LogP contribution < -0.4 is 9.47 Å². The molecule has 0 bridgehead atoms. The van der Waals surface area contributed by atoms with Gasteiger partial charge in [0.25, 0.3) is 0 Å². The molecule has 8 rings (SSSR count). The first kappa shape index (κ1) is 67.2. The van der Waals surface area contributed by atoms with E-state index >= 15 is 0 Å². The molecule has 0 saturated carbocycles. The lowest BCUT2D eigenvalue weighted by atomic mass is 9.90. The Kier molecular flexibility index (Phi) is 28.8. The standard InChI is InChI=1S/C32H32.C30H40.C22H28O2/c1-5-25-7-11-27(12-8-25)15-17-29-19-23(3)22-32-30(20-24(4)21-31(29)32)18-16-28-13-9-26(6-2)10-14-28;1-5-7-9-11-13-14-16-18-20-28-22-26(4)23-29-27(21-25(3)24-30(28)29)19-17-15-12-10-8-6-2;1-5-7-9-11-23-21-15-17(3)14-20-19(21)13-18(4)16-22(20)24-12-10-8-6-2/h5-14,19-22H,1-2,15-18H2,3-4H3;5-10,21-24H,1-2,11-20H2,3-4H3;5-6,13-16H,1-2,7-12H2,3-4H3/b;9-7+,10-8+;. The number of hydrogen-bond donors (Lipinski definition) is 0. The SMILES string of the molecule is C=C/C=C/CCCCCCc1cc(C)cc2c(CCCC/C=C/C=C)cc(C)cc12.C=CCCCOc1cc(C)cc2c(OCCCC=C)cc(C)cc12.C=Cc1ccc(CCc2cc(C)cc3c(CCc4ccc(C=C)cc4)cc(C)cc23)cc1. The molecule has 8 aromatic carbocycles. The fraction of sp³-hybridized carbons (Fsp3) is 0.310. The average molecular weight is 1140 g/mol. The van der Waals surface area contributed by atoms with Crippen molar-refractivity contribution in [3.8, 4) is 11.5 Å². The summed E-state index contributed by atoms with van der Waals surface area (Å²) in [6.07, 6.45) is 40.4. The summed E-state index contributed by atoms with van der Waals surface area (Å²) >= 11 is 0. The molecule has 0 heterocycles. The van der Waals surface area contributed by atoms with Gasteiger partial charge < -0.3 is 9.47 Å². The fourth-order valence-corrected chi connectivity index (χ4v) is 11.5. The zero-order chi connectivity index (χ0) is 61.5. The first-order valence-corrected chi connectivity index (χ1v) is 31.9. The second-order valence-electron chi connectivity index (χ2n) is 23.5. The van der Waals surface area contributed by atoms with Crippen LogP contribution in [0.15, 0.2) is 209 Å². The molecule has 0 saturated heterocycles. The molecule has 0 aliphatic rings. The molecule has 448 valence electrons. The summed E-state index contributed by atoms with van der Waals surface area (Å²) < 4.78 is 12.1. The van der Waals surface area contributed by atoms with Crippen molar-refractivity contribution in [2.75, 3.05) is 13.2 Å². The quantitative estimate of drug-likeness (QED) is 0.0238. The van der Waals surface area contributed by atoms with Crippen LogP contribution in [-0.4, -0.2) is 13.2 Å². The summed E-state index contributed by atoms with van der Waals surface area (Å²) in [5.41, 5.74) is 18.9. The van der Waals surface area contributed by atoms with Crippen LogP contribution in [0.3, 0.4) is 0 Å². The number of fused-ring (bicyclic) bond motifs is 3. The van der Waals surface area contributed by atoms with Crippen LogP contribution in [0.5, 0.6) is 11.5 Å². The van der Waals surface area contributed by atoms with Crippen molar-refractivity contribution in [1.29, 1.82) is 0 Å². The minimum atomic E-state index is 0.702. The zero-order valence-corrected chi connectivity index (χ0v) is 53.5. The minimum Gasteiger partial charge on any atom is -0.493 e. The number of aryl methyl sites for hydroxylation is 12. The molecular weight excluding hydrogens is 1040 g/mol. The minimum absolute atomic E-state index is 0.702. The number of ether oxygens (including phenoxy) is 2. The molecule has 0 N–H and O–H groups in total. The van der Waals surface area contributed by atoms with Gasteiger partial charge in [-0.3, -0.25) is 0 Å². The van der Waals surface area contributed by atoms with Gasteiger partial charge in [0.1, 0.15) is 11.5 Å². The van der Waals surface area contributed by atoms with Crippen LogP contribution in [0.25, 0.3) is 44.5 Å². The van der Waals surface area contributed by atoms with Gasteiger partial charge >= 0.3 is 0 Å². The van der Waals surface area contributed by atoms with Crippen LogP contribution in [0.1, 0.15) is 155 Å². The highest BCUT2D eigenvalue weighted by atomic mass is 16.5. The Balaban J connectivity index is 0.000000209. The highest BCUT2D eigenvalue weighted by Gasteiger charge is 2.13. The smallest absolute Gasteiger partial charge is 0.127 e. The zero-order valence-electron chi connectivity index (χ0n) is 53.5. The van der Waals surface area contributed by atoms with E-state index in [-0.39, 0.29) is 0 Å². The molecule has 0 fully saturated rings. The van der Waals surface area contributed by atoms with Gasteiger partial charge in [0.2, 0.25) is 0 Å². The number of rotatable bonds is 32. The highest BCUT2D eigenvalue weighted by Crippen LogP contribution is 2.36. The summed E-state index contributed by atoms with van der Waals surface area (Å²) in [7, 11) is 0. The summed E-state index contributed by atoms with van der Waals surface area (Å²) in [6.45, 7) is 37.2. The summed E-state index contributed by atoms with van der Waals surface area (Å²) in [6, 6.07) is 45.2. The van der Waals surface area contributed by atoms with E-state index < -0.39 is 0 Å². The van der Waals surface area contributed by atoms with Crippen molar-refractivity contribution < 1.29 is 9.47 Å². The van der Waals surface area contributed by atoms with Gasteiger partial charge in [-0.1, -0.05) is 219 Å². The third-order valence-electron chi connectivity index (χ3n) is 15.9. The van der Waals surface area contributed by atoms with E-state index in [1.54, 1.807) is 0 Å². The summed E-state index contributed by atoms with van der Waals surface area (Å²) in [5.74, 6) is 1.88. The molecule has 8 aromatic rings. The Hall–Kier alpha value is -7.94. The Labute approximate surface area is 520 Å². The largest absolute Gasteiger partial charge is 0.493 e. The molecule has 0 aliphatic carbocycles. The Bertz CT molecular complexity index is 3380. The second kappa shape index (κ2) is 36.8. The van der Waals surface area contributed by atoms with E-state index in [0.29, 0.717) is 13.2 Å². The highest BCUT2D eigenvalue weighted by molar-refractivity contribution is 5.95. The van der Waals surface area contributed by atoms with Gasteiger partial charge in [0, 0.05) is 10.8 Å². The Morgan fingerprint density at radius 2 is 0.640 bits per heavy atom. The number of allylic oxidation sites excluding steroid dienone is 8. The van der Waals surface area contributed by atoms with Crippen LogP contribution in [0.2, 0.25) is 0 Å². The van der Waals surface area contributed by atoms with E-state index in [9.17, 15) is 0 Å². The molecule has 2 nitrogen and oxygen atoms in total. The molecule has 0 unspecified atom stereocenters. The molecular formula is C84H100O2. The lowest BCUT2D eigenvalue weighted by Gasteiger charge is -2.15. The van der Waals surface area contributed by atoms with E-state index in [1.807, 2.05) is 36.5 Å². The van der Waals surface area contributed by atoms with Crippen molar-refractivity contribution in [2.24, 2.45) is 0 Å². The van der Waals surface area contributed by atoms with E-state index in [2.05, 4.69) is 227 Å². The lowest BCUT2D eigenvalue weighted by Crippen LogP contribution is -2.00. The topological polar surface area (TPSA) is 18.5 Å². The third kappa shape index (κ3) is 21.8. The molecule has 0 aliphatic heterocycles. The van der Waals surface area contributed by atoms with Crippen molar-refractivity contribution >= 4 is 44.5 Å². The first-order chi connectivity index (χ1) is 41.9. The average Bonchev–Trinajstić information content (AvgIpc) is 1.16. The molecule has 0 aromatic heterocycles. The van der Waals surface area contributed by atoms with Gasteiger partial charge in [0.15, 0.2) is 0 Å².